The first-order valence-electron chi connectivity index (χ1n) is 6.56. The smallest absolute Gasteiger partial charge is 0.226 e. The molecule has 5 nitrogen and oxygen atoms in total. The van der Waals surface area contributed by atoms with Crippen LogP contribution >= 0.6 is 0 Å². The minimum absolute atomic E-state index is 0.396. The first-order chi connectivity index (χ1) is 8.70. The molecule has 2 atom stereocenters. The predicted octanol–water partition coefficient (Wildman–Crippen LogP) is 1.77. The number of anilines is 2. The maximum absolute atomic E-state index is 5.68. The molecule has 5 heteroatoms. The van der Waals surface area contributed by atoms with E-state index in [1.807, 2.05) is 25.1 Å². The van der Waals surface area contributed by atoms with Crippen molar-refractivity contribution in [3.05, 3.63) is 12.3 Å². The van der Waals surface area contributed by atoms with Gasteiger partial charge in [0.05, 0.1) is 6.10 Å². The van der Waals surface area contributed by atoms with E-state index in [0.29, 0.717) is 12.0 Å². The molecule has 0 saturated carbocycles. The van der Waals surface area contributed by atoms with Gasteiger partial charge in [-0.3, -0.25) is 0 Å². The van der Waals surface area contributed by atoms with E-state index in [2.05, 4.69) is 22.2 Å². The van der Waals surface area contributed by atoms with Crippen molar-refractivity contribution in [2.24, 2.45) is 5.92 Å². The standard InChI is InChI=1S/C13H22N4O/c1-4-11-10(6-8-18-11)9-15-12-5-7-14-13(16-12)17(2)3/h5,7,10-11H,4,6,8-9H2,1-3H3,(H,14,15,16). The molecule has 1 aromatic rings. The predicted molar refractivity (Wildman–Crippen MR) is 73.0 cm³/mol. The lowest BCUT2D eigenvalue weighted by atomic mass is 10.00. The Labute approximate surface area is 109 Å². The van der Waals surface area contributed by atoms with Crippen LogP contribution in [0.4, 0.5) is 11.8 Å². The van der Waals surface area contributed by atoms with Crippen molar-refractivity contribution in [3.8, 4) is 0 Å². The second kappa shape index (κ2) is 6.00. The zero-order valence-corrected chi connectivity index (χ0v) is 11.4. The van der Waals surface area contributed by atoms with Crippen LogP contribution in [0, 0.1) is 5.92 Å². The van der Waals surface area contributed by atoms with Crippen LogP contribution in [0.1, 0.15) is 19.8 Å². The highest BCUT2D eigenvalue weighted by Crippen LogP contribution is 2.23. The quantitative estimate of drug-likeness (QED) is 0.863. The highest BCUT2D eigenvalue weighted by Gasteiger charge is 2.26. The van der Waals surface area contributed by atoms with E-state index in [-0.39, 0.29) is 0 Å². The number of nitrogens with zero attached hydrogens (tertiary/aromatic N) is 3. The van der Waals surface area contributed by atoms with Crippen LogP contribution in [0.2, 0.25) is 0 Å². The Hall–Kier alpha value is -1.36. The maximum atomic E-state index is 5.68. The van der Waals surface area contributed by atoms with Gasteiger partial charge in [-0.2, -0.15) is 4.98 Å². The zero-order chi connectivity index (χ0) is 13.0. The van der Waals surface area contributed by atoms with E-state index in [1.54, 1.807) is 6.20 Å². The molecule has 0 aromatic carbocycles. The molecule has 1 aliphatic rings. The largest absolute Gasteiger partial charge is 0.378 e. The maximum Gasteiger partial charge on any atom is 0.226 e. The third-order valence-corrected chi connectivity index (χ3v) is 3.34. The Balaban J connectivity index is 1.91. The summed E-state index contributed by atoms with van der Waals surface area (Å²) in [6, 6.07) is 1.91. The van der Waals surface area contributed by atoms with Gasteiger partial charge in [0.15, 0.2) is 0 Å². The van der Waals surface area contributed by atoms with Gasteiger partial charge >= 0.3 is 0 Å². The molecule has 1 aromatic heterocycles. The van der Waals surface area contributed by atoms with E-state index in [0.717, 1.165) is 37.8 Å². The Morgan fingerprint density at radius 3 is 3.06 bits per heavy atom. The van der Waals surface area contributed by atoms with Gasteiger partial charge in [-0.05, 0) is 18.9 Å². The van der Waals surface area contributed by atoms with Gasteiger partial charge in [-0.25, -0.2) is 4.98 Å². The second-order valence-corrected chi connectivity index (χ2v) is 4.88. The Morgan fingerprint density at radius 1 is 1.50 bits per heavy atom. The molecule has 1 N–H and O–H groups in total. The van der Waals surface area contributed by atoms with Gasteiger partial charge in [0.1, 0.15) is 5.82 Å². The van der Waals surface area contributed by atoms with Gasteiger partial charge in [-0.1, -0.05) is 6.92 Å². The van der Waals surface area contributed by atoms with E-state index < -0.39 is 0 Å². The first-order valence-corrected chi connectivity index (χ1v) is 6.56. The van der Waals surface area contributed by atoms with Crippen molar-refractivity contribution < 1.29 is 4.74 Å². The summed E-state index contributed by atoms with van der Waals surface area (Å²) in [5.41, 5.74) is 0. The average molecular weight is 250 g/mol. The molecular formula is C13H22N4O. The average Bonchev–Trinajstić information content (AvgIpc) is 2.84. The highest BCUT2D eigenvalue weighted by molar-refractivity contribution is 5.40. The van der Waals surface area contributed by atoms with Gasteiger partial charge in [-0.15, -0.1) is 0 Å². The number of aromatic nitrogens is 2. The Morgan fingerprint density at radius 2 is 2.33 bits per heavy atom. The van der Waals surface area contributed by atoms with Gasteiger partial charge in [0.2, 0.25) is 5.95 Å². The highest BCUT2D eigenvalue weighted by atomic mass is 16.5. The fourth-order valence-corrected chi connectivity index (χ4v) is 2.28. The van der Waals surface area contributed by atoms with Crippen LogP contribution in [0.5, 0.6) is 0 Å². The summed E-state index contributed by atoms with van der Waals surface area (Å²) in [6.45, 7) is 3.98. The molecule has 1 saturated heterocycles. The SMILES string of the molecule is CCC1OCCC1CNc1ccnc(N(C)C)n1. The molecular weight excluding hydrogens is 228 g/mol. The molecule has 100 valence electrons. The Bertz CT molecular complexity index is 383. The van der Waals surface area contributed by atoms with E-state index in [4.69, 9.17) is 4.74 Å². The molecule has 0 amide bonds. The molecule has 1 fully saturated rings. The second-order valence-electron chi connectivity index (χ2n) is 4.88. The van der Waals surface area contributed by atoms with Crippen molar-refractivity contribution in [2.45, 2.75) is 25.9 Å². The van der Waals surface area contributed by atoms with Gasteiger partial charge in [0, 0.05) is 39.4 Å². The molecule has 0 bridgehead atoms. The number of nitrogens with one attached hydrogen (secondary N) is 1. The normalized spacial score (nSPS) is 23.1. The zero-order valence-electron chi connectivity index (χ0n) is 11.4. The van der Waals surface area contributed by atoms with E-state index in [1.165, 1.54) is 0 Å². The van der Waals surface area contributed by atoms with Crippen LogP contribution in [0.25, 0.3) is 0 Å². The summed E-state index contributed by atoms with van der Waals surface area (Å²) in [6.07, 6.45) is 4.40. The number of ether oxygens (including phenoxy) is 1. The van der Waals surface area contributed by atoms with Crippen LogP contribution in [0.3, 0.4) is 0 Å². The summed E-state index contributed by atoms with van der Waals surface area (Å²) < 4.78 is 5.68. The fraction of sp³-hybridized carbons (Fsp3) is 0.692. The lowest BCUT2D eigenvalue weighted by molar-refractivity contribution is 0.0900. The molecule has 2 rings (SSSR count). The minimum atomic E-state index is 0.396. The molecule has 1 aliphatic heterocycles. The third kappa shape index (κ3) is 3.10. The monoisotopic (exact) mass is 250 g/mol. The van der Waals surface area contributed by atoms with Crippen LogP contribution < -0.4 is 10.2 Å². The summed E-state index contributed by atoms with van der Waals surface area (Å²) in [5.74, 6) is 2.21. The molecule has 2 unspecified atom stereocenters. The lowest BCUT2D eigenvalue weighted by Crippen LogP contribution is -2.23. The topological polar surface area (TPSA) is 50.3 Å². The number of rotatable bonds is 5. The van der Waals surface area contributed by atoms with Crippen LogP contribution in [0.15, 0.2) is 12.3 Å². The van der Waals surface area contributed by atoms with Crippen LogP contribution in [-0.4, -0.2) is 43.3 Å². The summed E-state index contributed by atoms with van der Waals surface area (Å²) in [4.78, 5) is 10.5. The summed E-state index contributed by atoms with van der Waals surface area (Å²) in [5, 5.41) is 3.39. The van der Waals surface area contributed by atoms with E-state index >= 15 is 0 Å². The third-order valence-electron chi connectivity index (χ3n) is 3.34. The lowest BCUT2D eigenvalue weighted by Gasteiger charge is -2.18. The summed E-state index contributed by atoms with van der Waals surface area (Å²) in [7, 11) is 3.88. The molecule has 0 radical (unpaired) electrons. The number of hydrogen-bond acceptors (Lipinski definition) is 5. The molecule has 0 spiro atoms. The molecule has 2 heterocycles. The van der Waals surface area contributed by atoms with Gasteiger partial charge in [0.25, 0.3) is 0 Å². The van der Waals surface area contributed by atoms with Crippen molar-refractivity contribution in [1.82, 2.24) is 9.97 Å². The fourth-order valence-electron chi connectivity index (χ4n) is 2.28. The van der Waals surface area contributed by atoms with E-state index in [9.17, 15) is 0 Å². The van der Waals surface area contributed by atoms with Crippen molar-refractivity contribution >= 4 is 11.8 Å². The van der Waals surface area contributed by atoms with Crippen molar-refractivity contribution in [3.63, 3.8) is 0 Å². The van der Waals surface area contributed by atoms with Crippen LogP contribution in [-0.2, 0) is 4.74 Å². The Kier molecular flexibility index (Phi) is 4.36. The number of hydrogen-bond donors (Lipinski definition) is 1. The minimum Gasteiger partial charge on any atom is -0.378 e. The molecule has 0 aliphatic carbocycles. The van der Waals surface area contributed by atoms with Gasteiger partial charge < -0.3 is 15.0 Å². The van der Waals surface area contributed by atoms with Crippen molar-refractivity contribution in [2.75, 3.05) is 37.5 Å². The first kappa shape index (κ1) is 13.1. The van der Waals surface area contributed by atoms with Crippen molar-refractivity contribution in [1.29, 1.82) is 0 Å². The molecule has 18 heavy (non-hydrogen) atoms. The summed E-state index contributed by atoms with van der Waals surface area (Å²) >= 11 is 0.